The number of aliphatic hydroxyl groups is 1. The summed E-state index contributed by atoms with van der Waals surface area (Å²) in [6, 6.07) is 10.3. The van der Waals surface area contributed by atoms with Gasteiger partial charge in [0.25, 0.3) is 5.56 Å². The van der Waals surface area contributed by atoms with Crippen molar-refractivity contribution in [3.63, 3.8) is 0 Å². The molecule has 1 amide bonds. The maximum Gasteiger partial charge on any atom is 0.267 e. The first-order valence-corrected chi connectivity index (χ1v) is 10.2. The number of halogens is 1. The first kappa shape index (κ1) is 19.2. The van der Waals surface area contributed by atoms with Crippen LogP contribution >= 0.6 is 11.6 Å². The van der Waals surface area contributed by atoms with E-state index in [1.807, 2.05) is 12.1 Å². The van der Waals surface area contributed by atoms with E-state index in [0.717, 1.165) is 31.2 Å². The standard InChI is InChI=1S/C21H24ClN3O3/c22-17-6-4-15(5-7-17)18-8-9-19(26)25(23-18)14-20(27)24-12-11-21(28)10-2-1-3-16(21)13-24/h4-9,16,28H,1-3,10-14H2/t16-,21-/m1/s1. The summed E-state index contributed by atoms with van der Waals surface area (Å²) in [6.45, 7) is 0.990. The average molecular weight is 402 g/mol. The Morgan fingerprint density at radius 1 is 1.18 bits per heavy atom. The minimum atomic E-state index is -0.626. The van der Waals surface area contributed by atoms with Crippen LogP contribution in [0.1, 0.15) is 32.1 Å². The largest absolute Gasteiger partial charge is 0.389 e. The fourth-order valence-corrected chi connectivity index (χ4v) is 4.49. The predicted octanol–water partition coefficient (Wildman–Crippen LogP) is 2.72. The lowest BCUT2D eigenvalue weighted by atomic mass is 9.71. The van der Waals surface area contributed by atoms with Gasteiger partial charge in [0.2, 0.25) is 5.91 Å². The Kier molecular flexibility index (Phi) is 5.25. The van der Waals surface area contributed by atoms with E-state index in [4.69, 9.17) is 11.6 Å². The maximum atomic E-state index is 12.8. The molecule has 0 bridgehead atoms. The third kappa shape index (κ3) is 3.84. The highest BCUT2D eigenvalue weighted by Gasteiger charge is 2.43. The highest BCUT2D eigenvalue weighted by atomic mass is 35.5. The van der Waals surface area contributed by atoms with Crippen molar-refractivity contribution in [1.29, 1.82) is 0 Å². The van der Waals surface area contributed by atoms with Gasteiger partial charge in [-0.05, 0) is 37.5 Å². The normalized spacial score (nSPS) is 24.6. The first-order valence-electron chi connectivity index (χ1n) is 9.79. The molecule has 1 N–H and O–H groups in total. The van der Waals surface area contributed by atoms with E-state index in [9.17, 15) is 14.7 Å². The fraction of sp³-hybridized carbons (Fsp3) is 0.476. The molecule has 7 heteroatoms. The Labute approximate surface area is 168 Å². The van der Waals surface area contributed by atoms with Gasteiger partial charge in [0.1, 0.15) is 6.54 Å². The molecule has 1 saturated carbocycles. The predicted molar refractivity (Wildman–Crippen MR) is 107 cm³/mol. The van der Waals surface area contributed by atoms with Crippen LogP contribution in [0, 0.1) is 5.92 Å². The number of likely N-dealkylation sites (tertiary alicyclic amines) is 1. The highest BCUT2D eigenvalue weighted by Crippen LogP contribution is 2.39. The van der Waals surface area contributed by atoms with E-state index in [1.54, 1.807) is 23.1 Å². The van der Waals surface area contributed by atoms with Crippen LogP contribution in [-0.2, 0) is 11.3 Å². The fourth-order valence-electron chi connectivity index (χ4n) is 4.36. The monoisotopic (exact) mass is 401 g/mol. The van der Waals surface area contributed by atoms with Gasteiger partial charge < -0.3 is 10.0 Å². The number of fused-ring (bicyclic) bond motifs is 1. The molecule has 1 aromatic carbocycles. The summed E-state index contributed by atoms with van der Waals surface area (Å²) in [5.41, 5.74) is 0.510. The Morgan fingerprint density at radius 3 is 2.75 bits per heavy atom. The van der Waals surface area contributed by atoms with Gasteiger partial charge in [0.05, 0.1) is 11.3 Å². The van der Waals surface area contributed by atoms with Crippen LogP contribution in [0.5, 0.6) is 0 Å². The zero-order chi connectivity index (χ0) is 19.7. The molecule has 1 saturated heterocycles. The summed E-state index contributed by atoms with van der Waals surface area (Å²) in [7, 11) is 0. The molecule has 6 nitrogen and oxygen atoms in total. The molecule has 0 radical (unpaired) electrons. The van der Waals surface area contributed by atoms with Gasteiger partial charge in [-0.1, -0.05) is 36.6 Å². The van der Waals surface area contributed by atoms with Gasteiger partial charge in [-0.15, -0.1) is 0 Å². The topological polar surface area (TPSA) is 75.4 Å². The van der Waals surface area contributed by atoms with Crippen LogP contribution < -0.4 is 5.56 Å². The van der Waals surface area contributed by atoms with E-state index >= 15 is 0 Å². The third-order valence-corrected chi connectivity index (χ3v) is 6.32. The van der Waals surface area contributed by atoms with Crippen molar-refractivity contribution >= 4 is 17.5 Å². The van der Waals surface area contributed by atoms with Crippen molar-refractivity contribution in [1.82, 2.24) is 14.7 Å². The molecule has 0 spiro atoms. The summed E-state index contributed by atoms with van der Waals surface area (Å²) < 4.78 is 1.22. The summed E-state index contributed by atoms with van der Waals surface area (Å²) >= 11 is 5.93. The summed E-state index contributed by atoms with van der Waals surface area (Å²) in [4.78, 5) is 26.8. The van der Waals surface area contributed by atoms with E-state index in [-0.39, 0.29) is 23.9 Å². The van der Waals surface area contributed by atoms with Gasteiger partial charge >= 0.3 is 0 Å². The van der Waals surface area contributed by atoms with Crippen molar-refractivity contribution in [2.45, 2.75) is 44.2 Å². The van der Waals surface area contributed by atoms with E-state index in [0.29, 0.717) is 30.2 Å². The first-order chi connectivity index (χ1) is 13.4. The zero-order valence-corrected chi connectivity index (χ0v) is 16.4. The molecule has 2 aliphatic rings. The number of carbonyl (C=O) groups excluding carboxylic acids is 1. The minimum Gasteiger partial charge on any atom is -0.389 e. The van der Waals surface area contributed by atoms with Crippen molar-refractivity contribution in [3.05, 3.63) is 51.8 Å². The molecule has 1 aliphatic heterocycles. The summed E-state index contributed by atoms with van der Waals surface area (Å²) in [5.74, 6) is -0.000452. The molecule has 1 aromatic heterocycles. The number of carbonyl (C=O) groups is 1. The van der Waals surface area contributed by atoms with Crippen LogP contribution in [0.4, 0.5) is 0 Å². The third-order valence-electron chi connectivity index (χ3n) is 6.07. The second-order valence-corrected chi connectivity index (χ2v) is 8.29. The second-order valence-electron chi connectivity index (χ2n) is 7.86. The van der Waals surface area contributed by atoms with Crippen molar-refractivity contribution in [2.75, 3.05) is 13.1 Å². The minimum absolute atomic E-state index is 0.0919. The quantitative estimate of drug-likeness (QED) is 0.858. The number of benzene rings is 1. The number of aromatic nitrogens is 2. The van der Waals surface area contributed by atoms with Crippen LogP contribution in [-0.4, -0.2) is 44.4 Å². The molecule has 148 valence electrons. The Balaban J connectivity index is 1.49. The lowest BCUT2D eigenvalue weighted by Gasteiger charge is -2.47. The SMILES string of the molecule is O=C(Cn1nc(-c2ccc(Cl)cc2)ccc1=O)N1CC[C@]2(O)CCCC[C@@H]2C1. The Hall–Kier alpha value is -2.18. The molecule has 2 heterocycles. The number of rotatable bonds is 3. The van der Waals surface area contributed by atoms with Crippen molar-refractivity contribution in [2.24, 2.45) is 5.92 Å². The van der Waals surface area contributed by atoms with Crippen LogP contribution in [0.25, 0.3) is 11.3 Å². The Morgan fingerprint density at radius 2 is 1.96 bits per heavy atom. The molecule has 2 aromatic rings. The van der Waals surface area contributed by atoms with Crippen LogP contribution in [0.2, 0.25) is 5.02 Å². The van der Waals surface area contributed by atoms with Gasteiger partial charge in [0, 0.05) is 35.7 Å². The lowest BCUT2D eigenvalue weighted by molar-refractivity contribution is -0.144. The molecular weight excluding hydrogens is 378 g/mol. The molecule has 4 rings (SSSR count). The van der Waals surface area contributed by atoms with Crippen LogP contribution in [0.15, 0.2) is 41.2 Å². The second kappa shape index (κ2) is 7.68. The molecular formula is C21H24ClN3O3. The van der Waals surface area contributed by atoms with Gasteiger partial charge in [0.15, 0.2) is 0 Å². The summed E-state index contributed by atoms with van der Waals surface area (Å²) in [6.07, 6.45) is 4.53. The molecule has 2 atom stereocenters. The summed E-state index contributed by atoms with van der Waals surface area (Å²) in [5, 5.41) is 15.8. The maximum absolute atomic E-state index is 12.8. The van der Waals surface area contributed by atoms with Gasteiger partial charge in [-0.3, -0.25) is 9.59 Å². The van der Waals surface area contributed by atoms with E-state index in [2.05, 4.69) is 5.10 Å². The molecule has 1 aliphatic carbocycles. The number of piperidine rings is 1. The molecule has 2 fully saturated rings. The smallest absolute Gasteiger partial charge is 0.267 e. The lowest BCUT2D eigenvalue weighted by Crippen LogP contribution is -2.55. The molecule has 0 unspecified atom stereocenters. The average Bonchev–Trinajstić information content (AvgIpc) is 2.69. The highest BCUT2D eigenvalue weighted by molar-refractivity contribution is 6.30. The van der Waals surface area contributed by atoms with Crippen molar-refractivity contribution < 1.29 is 9.90 Å². The molecule has 28 heavy (non-hydrogen) atoms. The van der Waals surface area contributed by atoms with E-state index in [1.165, 1.54) is 10.7 Å². The van der Waals surface area contributed by atoms with E-state index < -0.39 is 5.60 Å². The number of hydrogen-bond acceptors (Lipinski definition) is 4. The van der Waals surface area contributed by atoms with Crippen molar-refractivity contribution in [3.8, 4) is 11.3 Å². The Bertz CT molecular complexity index is 927. The number of amides is 1. The number of nitrogens with zero attached hydrogens (tertiary/aromatic N) is 3. The van der Waals surface area contributed by atoms with Gasteiger partial charge in [-0.25, -0.2) is 4.68 Å². The zero-order valence-electron chi connectivity index (χ0n) is 15.7. The number of hydrogen-bond donors (Lipinski definition) is 1. The van der Waals surface area contributed by atoms with Crippen LogP contribution in [0.3, 0.4) is 0 Å². The van der Waals surface area contributed by atoms with Gasteiger partial charge in [-0.2, -0.15) is 5.10 Å².